The molecule has 2 aromatic rings. The normalized spacial score (nSPS) is 17.6. The van der Waals surface area contributed by atoms with Crippen molar-refractivity contribution < 1.29 is 23.8 Å². The second kappa shape index (κ2) is 4.92. The summed E-state index contributed by atoms with van der Waals surface area (Å²) in [5.41, 5.74) is 0.759. The van der Waals surface area contributed by atoms with E-state index in [1.807, 2.05) is 12.1 Å². The number of carboxylic acids is 1. The fourth-order valence-electron chi connectivity index (χ4n) is 2.01. The van der Waals surface area contributed by atoms with Crippen LogP contribution in [0.4, 0.5) is 0 Å². The third-order valence-corrected chi connectivity index (χ3v) is 3.09. The lowest BCUT2D eigenvalue weighted by atomic mass is 10.1. The van der Waals surface area contributed by atoms with Crippen LogP contribution in [0.25, 0.3) is 11.3 Å². The van der Waals surface area contributed by atoms with Gasteiger partial charge in [-0.3, -0.25) is 0 Å². The van der Waals surface area contributed by atoms with Gasteiger partial charge in [0.2, 0.25) is 5.76 Å². The topological polar surface area (TPSA) is 68.9 Å². The van der Waals surface area contributed by atoms with Crippen LogP contribution in [0, 0.1) is 5.92 Å². The summed E-state index contributed by atoms with van der Waals surface area (Å²) in [4.78, 5) is 10.8. The maximum absolute atomic E-state index is 10.8. The van der Waals surface area contributed by atoms with Crippen molar-refractivity contribution in [3.63, 3.8) is 0 Å². The van der Waals surface area contributed by atoms with E-state index < -0.39 is 5.97 Å². The molecule has 1 unspecified atom stereocenters. The summed E-state index contributed by atoms with van der Waals surface area (Å²) < 4.78 is 16.6. The van der Waals surface area contributed by atoms with Crippen LogP contribution >= 0.6 is 0 Å². The third-order valence-electron chi connectivity index (χ3n) is 3.09. The number of hydrogen-bond donors (Lipinski definition) is 1. The van der Waals surface area contributed by atoms with E-state index in [4.69, 9.17) is 19.0 Å². The first-order valence-electron chi connectivity index (χ1n) is 6.36. The fraction of sp³-hybridized carbons (Fsp3) is 0.267. The predicted octanol–water partition coefficient (Wildman–Crippen LogP) is 3.05. The summed E-state index contributed by atoms with van der Waals surface area (Å²) in [5, 5.41) is 8.87. The number of furan rings is 1. The summed E-state index contributed by atoms with van der Waals surface area (Å²) in [6, 6.07) is 8.50. The number of aromatic carboxylic acids is 1. The largest absolute Gasteiger partial charge is 0.489 e. The molecule has 0 bridgehead atoms. The minimum Gasteiger partial charge on any atom is -0.489 e. The lowest BCUT2D eigenvalue weighted by Gasteiger charge is -2.07. The highest BCUT2D eigenvalue weighted by Crippen LogP contribution is 2.35. The maximum Gasteiger partial charge on any atom is 0.371 e. The Morgan fingerprint density at radius 3 is 2.60 bits per heavy atom. The molecular weight excluding hydrogens is 260 g/mol. The summed E-state index contributed by atoms with van der Waals surface area (Å²) in [7, 11) is 0. The molecule has 0 saturated heterocycles. The molecule has 0 amide bonds. The molecule has 5 nitrogen and oxygen atoms in total. The van der Waals surface area contributed by atoms with Crippen LogP contribution in [0.15, 0.2) is 34.7 Å². The van der Waals surface area contributed by atoms with Gasteiger partial charge in [0.15, 0.2) is 11.5 Å². The minimum atomic E-state index is -1.08. The van der Waals surface area contributed by atoms with E-state index in [1.54, 1.807) is 12.1 Å². The number of fused-ring (bicyclic) bond motifs is 1. The Hall–Kier alpha value is -2.43. The van der Waals surface area contributed by atoms with Gasteiger partial charge in [0.25, 0.3) is 0 Å². The Labute approximate surface area is 115 Å². The molecule has 1 aliphatic heterocycles. The number of hydrogen-bond acceptors (Lipinski definition) is 4. The maximum atomic E-state index is 10.8. The van der Waals surface area contributed by atoms with Crippen molar-refractivity contribution in [3.8, 4) is 22.8 Å². The minimum absolute atomic E-state index is 0.0827. The smallest absolute Gasteiger partial charge is 0.371 e. The predicted molar refractivity (Wildman–Crippen MR) is 71.3 cm³/mol. The number of rotatable bonds is 2. The number of carboxylic acid groups (broad SMARTS) is 1. The van der Waals surface area contributed by atoms with Gasteiger partial charge < -0.3 is 19.0 Å². The Bertz CT molecular complexity index is 643. The zero-order valence-electron chi connectivity index (χ0n) is 11.0. The zero-order valence-corrected chi connectivity index (χ0v) is 11.0. The fourth-order valence-corrected chi connectivity index (χ4v) is 2.01. The van der Waals surface area contributed by atoms with Gasteiger partial charge in [-0.1, -0.05) is 6.92 Å². The van der Waals surface area contributed by atoms with Gasteiger partial charge in [-0.2, -0.15) is 0 Å². The van der Waals surface area contributed by atoms with Crippen molar-refractivity contribution in [2.45, 2.75) is 6.92 Å². The standard InChI is InChI=1S/C15H14O5/c1-9-7-18-12-3-2-10(6-14(12)19-8-9)11-4-5-13(20-11)15(16)17/h2-6,9H,7-8H2,1H3,(H,16,17). The average molecular weight is 274 g/mol. The van der Waals surface area contributed by atoms with Crippen LogP contribution in [-0.4, -0.2) is 24.3 Å². The van der Waals surface area contributed by atoms with E-state index >= 15 is 0 Å². The molecule has 0 radical (unpaired) electrons. The molecule has 20 heavy (non-hydrogen) atoms. The van der Waals surface area contributed by atoms with Gasteiger partial charge in [0.1, 0.15) is 5.76 Å². The second-order valence-corrected chi connectivity index (χ2v) is 4.86. The van der Waals surface area contributed by atoms with Crippen LogP contribution in [0.3, 0.4) is 0 Å². The van der Waals surface area contributed by atoms with Crippen LogP contribution in [-0.2, 0) is 0 Å². The molecule has 104 valence electrons. The van der Waals surface area contributed by atoms with Crippen molar-refractivity contribution in [3.05, 3.63) is 36.1 Å². The summed E-state index contributed by atoms with van der Waals surface area (Å²) >= 11 is 0. The molecule has 3 rings (SSSR count). The van der Waals surface area contributed by atoms with Crippen LogP contribution < -0.4 is 9.47 Å². The summed E-state index contributed by atoms with van der Waals surface area (Å²) in [6.07, 6.45) is 0. The molecule has 2 heterocycles. The number of ether oxygens (including phenoxy) is 2. The van der Waals surface area contributed by atoms with Gasteiger partial charge in [0, 0.05) is 11.5 Å². The lowest BCUT2D eigenvalue weighted by Crippen LogP contribution is -2.12. The monoisotopic (exact) mass is 274 g/mol. The number of benzene rings is 1. The zero-order chi connectivity index (χ0) is 14.1. The first-order chi connectivity index (χ1) is 9.63. The molecule has 0 spiro atoms. The highest BCUT2D eigenvalue weighted by atomic mass is 16.5. The van der Waals surface area contributed by atoms with Crippen molar-refractivity contribution in [2.24, 2.45) is 5.92 Å². The summed E-state index contributed by atoms with van der Waals surface area (Å²) in [6.45, 7) is 3.27. The lowest BCUT2D eigenvalue weighted by molar-refractivity contribution is 0.0663. The van der Waals surface area contributed by atoms with Gasteiger partial charge in [0.05, 0.1) is 13.2 Å². The third kappa shape index (κ3) is 2.34. The van der Waals surface area contributed by atoms with Crippen LogP contribution in [0.5, 0.6) is 11.5 Å². The molecule has 0 aliphatic carbocycles. The molecule has 0 saturated carbocycles. The second-order valence-electron chi connectivity index (χ2n) is 4.86. The molecule has 1 atom stereocenters. The van der Waals surface area contributed by atoms with Gasteiger partial charge in [-0.25, -0.2) is 4.79 Å². The first-order valence-corrected chi connectivity index (χ1v) is 6.36. The Morgan fingerprint density at radius 1 is 1.15 bits per heavy atom. The van der Waals surface area contributed by atoms with E-state index in [9.17, 15) is 4.79 Å². The first kappa shape index (κ1) is 12.6. The van der Waals surface area contributed by atoms with E-state index in [0.29, 0.717) is 36.4 Å². The van der Waals surface area contributed by atoms with Crippen molar-refractivity contribution in [1.82, 2.24) is 0 Å². The molecule has 0 fully saturated rings. The molecular formula is C15H14O5. The van der Waals surface area contributed by atoms with Gasteiger partial charge >= 0.3 is 5.97 Å². The van der Waals surface area contributed by atoms with E-state index in [-0.39, 0.29) is 5.76 Å². The Kier molecular flexibility index (Phi) is 3.10. The molecule has 1 aromatic heterocycles. The van der Waals surface area contributed by atoms with E-state index in [1.165, 1.54) is 6.07 Å². The SMILES string of the molecule is CC1COc2ccc(-c3ccc(C(=O)O)o3)cc2OC1. The van der Waals surface area contributed by atoms with Gasteiger partial charge in [-0.15, -0.1) is 0 Å². The van der Waals surface area contributed by atoms with Crippen molar-refractivity contribution in [2.75, 3.05) is 13.2 Å². The van der Waals surface area contributed by atoms with Crippen LogP contribution in [0.2, 0.25) is 0 Å². The highest BCUT2D eigenvalue weighted by Gasteiger charge is 2.17. The molecule has 1 N–H and O–H groups in total. The number of carbonyl (C=O) groups is 1. The highest BCUT2D eigenvalue weighted by molar-refractivity contribution is 5.85. The molecule has 1 aromatic carbocycles. The van der Waals surface area contributed by atoms with Gasteiger partial charge in [-0.05, 0) is 30.3 Å². The Morgan fingerprint density at radius 2 is 1.90 bits per heavy atom. The average Bonchev–Trinajstić information content (AvgIpc) is 2.86. The van der Waals surface area contributed by atoms with E-state index in [2.05, 4.69) is 6.92 Å². The Balaban J connectivity index is 1.93. The van der Waals surface area contributed by atoms with Crippen LogP contribution in [0.1, 0.15) is 17.5 Å². The summed E-state index contributed by atoms with van der Waals surface area (Å²) in [5.74, 6) is 1.00. The van der Waals surface area contributed by atoms with E-state index in [0.717, 1.165) is 5.56 Å². The van der Waals surface area contributed by atoms with Crippen molar-refractivity contribution in [1.29, 1.82) is 0 Å². The molecule has 1 aliphatic rings. The molecule has 5 heteroatoms. The quantitative estimate of drug-likeness (QED) is 0.911. The van der Waals surface area contributed by atoms with Crippen molar-refractivity contribution >= 4 is 5.97 Å².